The van der Waals surface area contributed by atoms with Gasteiger partial charge < -0.3 is 45.1 Å². The predicted octanol–water partition coefficient (Wildman–Crippen LogP) is 14.7. The topological polar surface area (TPSA) is 175 Å². The Balaban J connectivity index is 2.62. The molecule has 0 saturated carbocycles. The minimum Gasteiger partial charge on any atom is -0.454 e. The average molecular weight is 1050 g/mol. The maximum absolute atomic E-state index is 13.4. The molecule has 1 rings (SSSR count). The lowest BCUT2D eigenvalue weighted by Crippen LogP contribution is -2.61. The second-order valence-corrected chi connectivity index (χ2v) is 21.8. The van der Waals surface area contributed by atoms with Crippen LogP contribution >= 0.6 is 0 Å². The number of rotatable bonds is 53. The molecule has 434 valence electrons. The number of carbonyl (C=O) groups is 2. The first kappa shape index (κ1) is 69.9. The van der Waals surface area contributed by atoms with Gasteiger partial charge in [-0.15, -0.1) is 0 Å². The highest BCUT2D eigenvalue weighted by Gasteiger charge is 2.47. The lowest BCUT2D eigenvalue weighted by molar-refractivity contribution is -0.305. The Morgan fingerprint density at radius 3 is 1.41 bits per heavy atom. The van der Waals surface area contributed by atoms with Crippen molar-refractivity contribution in [1.29, 1.82) is 0 Å². The third kappa shape index (κ3) is 39.3. The number of aliphatic hydroxyl groups excluding tert-OH is 5. The summed E-state index contributed by atoms with van der Waals surface area (Å²) in [7, 11) is 0. The van der Waals surface area contributed by atoms with Gasteiger partial charge in [-0.3, -0.25) is 9.59 Å². The molecule has 11 nitrogen and oxygen atoms in total. The molecule has 1 aliphatic heterocycles. The van der Waals surface area contributed by atoms with Crippen LogP contribution in [-0.4, -0.2) is 99.6 Å². The molecule has 11 heteroatoms. The molecule has 0 bridgehead atoms. The van der Waals surface area contributed by atoms with Gasteiger partial charge in [-0.05, 0) is 57.8 Å². The van der Waals surface area contributed by atoms with Crippen molar-refractivity contribution < 1.29 is 49.3 Å². The molecule has 1 fully saturated rings. The lowest BCUT2D eigenvalue weighted by atomic mass is 9.99. The van der Waals surface area contributed by atoms with Gasteiger partial charge in [0.1, 0.15) is 24.4 Å². The number of unbranched alkanes of at least 4 members (excludes halogenated alkanes) is 35. The Labute approximate surface area is 453 Å². The number of amides is 1. The van der Waals surface area contributed by atoms with Crippen molar-refractivity contribution in [2.45, 2.75) is 339 Å². The van der Waals surface area contributed by atoms with Gasteiger partial charge in [0.25, 0.3) is 0 Å². The summed E-state index contributed by atoms with van der Waals surface area (Å²) in [4.78, 5) is 26.5. The second-order valence-electron chi connectivity index (χ2n) is 21.8. The average Bonchev–Trinajstić information content (AvgIpc) is 3.40. The summed E-state index contributed by atoms with van der Waals surface area (Å²) in [5.74, 6) is -1.19. The highest BCUT2D eigenvalue weighted by Crippen LogP contribution is 2.26. The normalized spacial score (nSPS) is 19.5. The Hall–Kier alpha value is -2.12. The molecule has 1 aliphatic rings. The van der Waals surface area contributed by atoms with Crippen LogP contribution in [0.15, 0.2) is 36.5 Å². The van der Waals surface area contributed by atoms with E-state index in [-0.39, 0.29) is 13.0 Å². The maximum Gasteiger partial charge on any atom is 0.306 e. The number of hydrogen-bond donors (Lipinski definition) is 6. The Morgan fingerprint density at radius 2 is 0.932 bits per heavy atom. The molecule has 0 aliphatic carbocycles. The molecule has 1 saturated heterocycles. The van der Waals surface area contributed by atoms with Crippen molar-refractivity contribution in [3.63, 3.8) is 0 Å². The highest BCUT2D eigenvalue weighted by molar-refractivity contribution is 5.80. The first-order chi connectivity index (χ1) is 36.2. The number of aliphatic hydroxyl groups is 5. The molecule has 8 atom stereocenters. The minimum absolute atomic E-state index is 0.124. The largest absolute Gasteiger partial charge is 0.454 e. The van der Waals surface area contributed by atoms with Gasteiger partial charge in [0.15, 0.2) is 12.4 Å². The molecule has 1 heterocycles. The van der Waals surface area contributed by atoms with E-state index in [0.29, 0.717) is 19.3 Å². The van der Waals surface area contributed by atoms with Gasteiger partial charge in [0.2, 0.25) is 5.91 Å². The third-order valence-corrected chi connectivity index (χ3v) is 14.8. The third-order valence-electron chi connectivity index (χ3n) is 14.8. The fourth-order valence-corrected chi connectivity index (χ4v) is 9.80. The van der Waals surface area contributed by atoms with E-state index in [0.717, 1.165) is 64.2 Å². The summed E-state index contributed by atoms with van der Waals surface area (Å²) in [5.41, 5.74) is 0. The van der Waals surface area contributed by atoms with E-state index >= 15 is 0 Å². The smallest absolute Gasteiger partial charge is 0.306 e. The van der Waals surface area contributed by atoms with Crippen LogP contribution in [-0.2, 0) is 23.8 Å². The van der Waals surface area contributed by atoms with Crippen molar-refractivity contribution in [1.82, 2.24) is 5.32 Å². The van der Waals surface area contributed by atoms with E-state index in [4.69, 9.17) is 14.2 Å². The minimum atomic E-state index is -1.61. The van der Waals surface area contributed by atoms with E-state index in [1.54, 1.807) is 6.08 Å². The van der Waals surface area contributed by atoms with Crippen molar-refractivity contribution in [3.05, 3.63) is 36.5 Å². The van der Waals surface area contributed by atoms with E-state index in [2.05, 4.69) is 50.4 Å². The summed E-state index contributed by atoms with van der Waals surface area (Å²) >= 11 is 0. The SMILES string of the molecule is CCCCC/C=C\C/C=C\CCCCCCCCCCCCCC(=O)OC1C(OCC(NC(=O)C(O)CCCCCCCCCCCCCCC)C(O)/C=C/CCCCCCCCCCC)OC(CO)C(O)C1O. The molecular weight excluding hydrogens is 931 g/mol. The maximum atomic E-state index is 13.4. The number of esters is 1. The highest BCUT2D eigenvalue weighted by atomic mass is 16.7. The molecule has 0 aromatic carbocycles. The summed E-state index contributed by atoms with van der Waals surface area (Å²) in [6.07, 6.45) is 50.4. The number of allylic oxidation sites excluding steroid dienone is 5. The van der Waals surface area contributed by atoms with Gasteiger partial charge in [-0.2, -0.15) is 0 Å². The summed E-state index contributed by atoms with van der Waals surface area (Å²) < 4.78 is 17.6. The standard InChI is InChI=1S/C63H117NO10/c1-4-7-10-13-16-19-22-24-25-26-27-28-29-30-31-33-36-39-42-45-48-51-58(68)74-61-60(70)59(69)57(52-65)73-63(61)72-53-54(55(66)49-46-43-40-37-34-21-18-15-12-9-6-3)64-62(71)56(67)50-47-44-41-38-35-32-23-20-17-14-11-8-5-2/h16,19,24-25,46,49,54-57,59-61,63,65-67,69-70H,4-15,17-18,20-23,26-45,47-48,50-53H2,1-3H3,(H,64,71)/b19-16-,25-24-,49-46+. The van der Waals surface area contributed by atoms with Crippen LogP contribution in [0.3, 0.4) is 0 Å². The predicted molar refractivity (Wildman–Crippen MR) is 306 cm³/mol. The van der Waals surface area contributed by atoms with Crippen LogP contribution in [0.4, 0.5) is 0 Å². The molecule has 0 aromatic rings. The van der Waals surface area contributed by atoms with Crippen molar-refractivity contribution >= 4 is 11.9 Å². The summed E-state index contributed by atoms with van der Waals surface area (Å²) in [6, 6.07) is -1.02. The number of hydrogen-bond acceptors (Lipinski definition) is 10. The number of ether oxygens (including phenoxy) is 3. The molecule has 6 N–H and O–H groups in total. The molecule has 1 amide bonds. The zero-order valence-electron chi connectivity index (χ0n) is 48.0. The number of carbonyl (C=O) groups excluding carboxylic acids is 2. The lowest BCUT2D eigenvalue weighted by Gasteiger charge is -2.41. The Morgan fingerprint density at radius 1 is 0.527 bits per heavy atom. The zero-order valence-corrected chi connectivity index (χ0v) is 48.0. The molecule has 0 spiro atoms. The zero-order chi connectivity index (χ0) is 54.0. The first-order valence-electron chi connectivity index (χ1n) is 31.3. The first-order valence-corrected chi connectivity index (χ1v) is 31.3. The van der Waals surface area contributed by atoms with Gasteiger partial charge in [0, 0.05) is 6.42 Å². The van der Waals surface area contributed by atoms with Gasteiger partial charge in [-0.25, -0.2) is 0 Å². The molecule has 0 aromatic heterocycles. The summed E-state index contributed by atoms with van der Waals surface area (Å²) in [5, 5.41) is 56.9. The second kappa shape index (κ2) is 51.6. The van der Waals surface area contributed by atoms with Crippen LogP contribution in [0.2, 0.25) is 0 Å². The fraction of sp³-hybridized carbons (Fsp3) is 0.873. The molecule has 74 heavy (non-hydrogen) atoms. The molecular formula is C63H117NO10. The van der Waals surface area contributed by atoms with Crippen LogP contribution < -0.4 is 5.32 Å². The summed E-state index contributed by atoms with van der Waals surface area (Å²) in [6.45, 7) is 5.77. The van der Waals surface area contributed by atoms with E-state index in [1.165, 1.54) is 180 Å². The van der Waals surface area contributed by atoms with E-state index in [1.807, 2.05) is 6.08 Å². The molecule has 0 radical (unpaired) electrons. The van der Waals surface area contributed by atoms with Crippen molar-refractivity contribution in [3.8, 4) is 0 Å². The Kier molecular flexibility index (Phi) is 48.8. The van der Waals surface area contributed by atoms with Gasteiger partial charge in [0.05, 0.1) is 25.4 Å². The van der Waals surface area contributed by atoms with Crippen LogP contribution in [0, 0.1) is 0 Å². The fourth-order valence-electron chi connectivity index (χ4n) is 9.80. The van der Waals surface area contributed by atoms with Crippen molar-refractivity contribution in [2.75, 3.05) is 13.2 Å². The van der Waals surface area contributed by atoms with Gasteiger partial charge >= 0.3 is 5.97 Å². The Bertz CT molecular complexity index is 1340. The quantitative estimate of drug-likeness (QED) is 0.0195. The van der Waals surface area contributed by atoms with Gasteiger partial charge in [-0.1, -0.05) is 263 Å². The van der Waals surface area contributed by atoms with E-state index in [9.17, 15) is 35.1 Å². The van der Waals surface area contributed by atoms with Crippen LogP contribution in [0.25, 0.3) is 0 Å². The molecule has 8 unspecified atom stereocenters. The number of nitrogens with one attached hydrogen (secondary N) is 1. The van der Waals surface area contributed by atoms with Crippen LogP contribution in [0.5, 0.6) is 0 Å². The van der Waals surface area contributed by atoms with E-state index < -0.39 is 67.4 Å². The monoisotopic (exact) mass is 1050 g/mol. The van der Waals surface area contributed by atoms with Crippen LogP contribution in [0.1, 0.15) is 290 Å². The van der Waals surface area contributed by atoms with Crippen molar-refractivity contribution in [2.24, 2.45) is 0 Å².